The molecule has 0 bridgehead atoms. The first-order valence-corrected chi connectivity index (χ1v) is 13.1. The monoisotopic (exact) mass is 513 g/mol. The van der Waals surface area contributed by atoms with Crippen molar-refractivity contribution in [1.82, 2.24) is 19.4 Å². The van der Waals surface area contributed by atoms with E-state index in [0.29, 0.717) is 23.6 Å². The van der Waals surface area contributed by atoms with Gasteiger partial charge in [-0.15, -0.1) is 0 Å². The van der Waals surface area contributed by atoms with Crippen molar-refractivity contribution in [3.63, 3.8) is 0 Å². The predicted molar refractivity (Wildman–Crippen MR) is 141 cm³/mol. The molecule has 2 aromatic heterocycles. The van der Waals surface area contributed by atoms with Gasteiger partial charge in [0.15, 0.2) is 0 Å². The second kappa shape index (κ2) is 13.2. The van der Waals surface area contributed by atoms with E-state index in [4.69, 9.17) is 4.74 Å². The van der Waals surface area contributed by atoms with Crippen molar-refractivity contribution in [2.75, 3.05) is 18.4 Å². The third-order valence-electron chi connectivity index (χ3n) is 7.02. The van der Waals surface area contributed by atoms with Gasteiger partial charge in [0.1, 0.15) is 11.9 Å². The van der Waals surface area contributed by atoms with E-state index < -0.39 is 11.2 Å². The maximum atomic E-state index is 12.7. The fourth-order valence-electron chi connectivity index (χ4n) is 4.82. The molecule has 0 radical (unpaired) electrons. The standard InChI is InChI=1S/C27H39N5O5/c1-18(2)21-8-7-19(3)14-22(21)37-26(35)10-13-30-24(33)9-12-29-23-15-25(34)31(4)27(36)32(23)17-20-6-5-11-28-16-20/h5-6,11,15-16,18-19,21-22,29H,7-10,12-14,17H2,1-4H3,(H,30,33). The van der Waals surface area contributed by atoms with Crippen LogP contribution in [0.2, 0.25) is 0 Å². The highest BCUT2D eigenvalue weighted by Crippen LogP contribution is 2.35. The molecule has 3 rings (SSSR count). The van der Waals surface area contributed by atoms with Gasteiger partial charge >= 0.3 is 11.7 Å². The topological polar surface area (TPSA) is 124 Å². The number of pyridine rings is 1. The van der Waals surface area contributed by atoms with Crippen LogP contribution in [0.25, 0.3) is 0 Å². The Hall–Kier alpha value is -3.43. The van der Waals surface area contributed by atoms with Crippen molar-refractivity contribution in [2.45, 2.75) is 65.5 Å². The summed E-state index contributed by atoms with van der Waals surface area (Å²) in [4.78, 5) is 53.6. The van der Waals surface area contributed by atoms with Gasteiger partial charge in [-0.25, -0.2) is 4.79 Å². The van der Waals surface area contributed by atoms with Crippen LogP contribution in [-0.2, 0) is 27.9 Å². The van der Waals surface area contributed by atoms with E-state index in [0.717, 1.165) is 29.4 Å². The van der Waals surface area contributed by atoms with Crippen molar-refractivity contribution in [3.8, 4) is 0 Å². The number of esters is 1. The zero-order chi connectivity index (χ0) is 26.9. The van der Waals surface area contributed by atoms with E-state index in [-0.39, 0.29) is 50.5 Å². The number of hydrogen-bond acceptors (Lipinski definition) is 7. The summed E-state index contributed by atoms with van der Waals surface area (Å²) in [6.07, 6.45) is 6.60. The van der Waals surface area contributed by atoms with Crippen molar-refractivity contribution in [1.29, 1.82) is 0 Å². The Labute approximate surface area is 217 Å². The number of anilines is 1. The number of hydrogen-bond donors (Lipinski definition) is 2. The number of nitrogens with one attached hydrogen (secondary N) is 2. The molecule has 0 aliphatic heterocycles. The number of carbonyl (C=O) groups excluding carboxylic acids is 2. The van der Waals surface area contributed by atoms with Gasteiger partial charge in [0.2, 0.25) is 5.91 Å². The molecule has 1 amide bonds. The SMILES string of the molecule is CC1CCC(C(C)C)C(OC(=O)CCNC(=O)CCNc2cc(=O)n(C)c(=O)n2Cc2cccnc2)C1. The maximum Gasteiger partial charge on any atom is 0.332 e. The largest absolute Gasteiger partial charge is 0.462 e. The molecule has 10 nitrogen and oxygen atoms in total. The molecule has 37 heavy (non-hydrogen) atoms. The fraction of sp³-hybridized carbons (Fsp3) is 0.593. The van der Waals surface area contributed by atoms with Crippen LogP contribution < -0.4 is 21.9 Å². The Morgan fingerprint density at radius 1 is 1.19 bits per heavy atom. The Bertz CT molecular complexity index is 1170. The van der Waals surface area contributed by atoms with E-state index in [1.165, 1.54) is 17.7 Å². The van der Waals surface area contributed by atoms with Gasteiger partial charge in [-0.2, -0.15) is 0 Å². The predicted octanol–water partition coefficient (Wildman–Crippen LogP) is 2.30. The first-order chi connectivity index (χ1) is 17.7. The number of amides is 1. The lowest BCUT2D eigenvalue weighted by Gasteiger charge is -2.36. The average Bonchev–Trinajstić information content (AvgIpc) is 2.85. The van der Waals surface area contributed by atoms with Crippen molar-refractivity contribution < 1.29 is 14.3 Å². The maximum absolute atomic E-state index is 12.7. The molecule has 202 valence electrons. The zero-order valence-corrected chi connectivity index (χ0v) is 22.2. The highest BCUT2D eigenvalue weighted by atomic mass is 16.5. The Balaban J connectivity index is 1.47. The lowest BCUT2D eigenvalue weighted by atomic mass is 9.75. The van der Waals surface area contributed by atoms with E-state index in [9.17, 15) is 19.2 Å². The van der Waals surface area contributed by atoms with Gasteiger partial charge < -0.3 is 15.4 Å². The van der Waals surface area contributed by atoms with Crippen LogP contribution in [-0.4, -0.2) is 45.2 Å². The van der Waals surface area contributed by atoms with Gasteiger partial charge in [0.05, 0.1) is 13.0 Å². The average molecular weight is 514 g/mol. The van der Waals surface area contributed by atoms with E-state index >= 15 is 0 Å². The molecule has 2 N–H and O–H groups in total. The van der Waals surface area contributed by atoms with Crippen molar-refractivity contribution in [2.24, 2.45) is 24.8 Å². The van der Waals surface area contributed by atoms with Gasteiger partial charge in [-0.1, -0.05) is 33.3 Å². The number of rotatable bonds is 11. The molecule has 2 aromatic rings. The third kappa shape index (κ3) is 8.03. The van der Waals surface area contributed by atoms with Crippen LogP contribution in [0, 0.1) is 17.8 Å². The fourth-order valence-corrected chi connectivity index (χ4v) is 4.82. The van der Waals surface area contributed by atoms with Crippen molar-refractivity contribution in [3.05, 3.63) is 57.0 Å². The highest BCUT2D eigenvalue weighted by molar-refractivity contribution is 5.77. The first kappa shape index (κ1) is 28.1. The molecular weight excluding hydrogens is 474 g/mol. The summed E-state index contributed by atoms with van der Waals surface area (Å²) in [6, 6.07) is 4.95. The second-order valence-corrected chi connectivity index (χ2v) is 10.3. The molecule has 1 aliphatic rings. The minimum absolute atomic E-state index is 0.0565. The van der Waals surface area contributed by atoms with E-state index in [1.807, 2.05) is 6.07 Å². The van der Waals surface area contributed by atoms with Gasteiger partial charge in [0, 0.05) is 45.0 Å². The number of aromatic nitrogens is 3. The molecule has 1 aliphatic carbocycles. The summed E-state index contributed by atoms with van der Waals surface area (Å²) in [5.74, 6) is 1.19. The minimum Gasteiger partial charge on any atom is -0.462 e. The van der Waals surface area contributed by atoms with E-state index in [2.05, 4.69) is 36.4 Å². The van der Waals surface area contributed by atoms with Gasteiger partial charge in [0.25, 0.3) is 5.56 Å². The van der Waals surface area contributed by atoms with Gasteiger partial charge in [-0.05, 0) is 42.2 Å². The summed E-state index contributed by atoms with van der Waals surface area (Å²) in [6.45, 7) is 7.17. The molecule has 2 heterocycles. The number of nitrogens with zero attached hydrogens (tertiary/aromatic N) is 3. The summed E-state index contributed by atoms with van der Waals surface area (Å²) < 4.78 is 8.25. The zero-order valence-electron chi connectivity index (χ0n) is 22.2. The van der Waals surface area contributed by atoms with Crippen LogP contribution in [0.1, 0.15) is 58.4 Å². The molecule has 0 spiro atoms. The van der Waals surface area contributed by atoms with Crippen LogP contribution >= 0.6 is 0 Å². The second-order valence-electron chi connectivity index (χ2n) is 10.3. The molecule has 3 unspecified atom stereocenters. The molecule has 0 aromatic carbocycles. The summed E-state index contributed by atoms with van der Waals surface area (Å²) in [7, 11) is 1.42. The van der Waals surface area contributed by atoms with Crippen LogP contribution in [0.4, 0.5) is 5.82 Å². The molecule has 1 fully saturated rings. The molecule has 10 heteroatoms. The minimum atomic E-state index is -0.464. The molecular formula is C27H39N5O5. The summed E-state index contributed by atoms with van der Waals surface area (Å²) in [5.41, 5.74) is -0.0998. The quantitative estimate of drug-likeness (QED) is 0.442. The van der Waals surface area contributed by atoms with E-state index in [1.54, 1.807) is 18.5 Å². The molecule has 0 saturated heterocycles. The normalized spacial score (nSPS) is 19.4. The smallest absolute Gasteiger partial charge is 0.332 e. The molecule has 1 saturated carbocycles. The first-order valence-electron chi connectivity index (χ1n) is 13.1. The Kier molecular flexibility index (Phi) is 10.0. The lowest BCUT2D eigenvalue weighted by molar-refractivity contribution is -0.155. The van der Waals surface area contributed by atoms with Crippen LogP contribution in [0.3, 0.4) is 0 Å². The number of carbonyl (C=O) groups is 2. The van der Waals surface area contributed by atoms with Crippen LogP contribution in [0.15, 0.2) is 40.2 Å². The summed E-state index contributed by atoms with van der Waals surface area (Å²) in [5, 5.41) is 5.77. The van der Waals surface area contributed by atoms with Gasteiger partial charge in [-0.3, -0.25) is 28.5 Å². The summed E-state index contributed by atoms with van der Waals surface area (Å²) >= 11 is 0. The lowest BCUT2D eigenvalue weighted by Crippen LogP contribution is -2.39. The Morgan fingerprint density at radius 2 is 1.97 bits per heavy atom. The van der Waals surface area contributed by atoms with Crippen LogP contribution in [0.5, 0.6) is 0 Å². The Morgan fingerprint density at radius 3 is 2.68 bits per heavy atom. The van der Waals surface area contributed by atoms with Crippen molar-refractivity contribution >= 4 is 17.7 Å². The number of ether oxygens (including phenoxy) is 1. The molecule has 3 atom stereocenters. The third-order valence-corrected chi connectivity index (χ3v) is 7.02. The highest BCUT2D eigenvalue weighted by Gasteiger charge is 2.33.